The Hall–Kier alpha value is -3.54. The molecule has 0 aliphatic heterocycles. The van der Waals surface area contributed by atoms with Gasteiger partial charge >= 0.3 is 0 Å². The smallest absolute Gasteiger partial charge is 0.250 e. The van der Waals surface area contributed by atoms with Crippen LogP contribution in [0.1, 0.15) is 35.6 Å². The van der Waals surface area contributed by atoms with Crippen molar-refractivity contribution < 1.29 is 28.5 Å². The molecule has 0 saturated heterocycles. The molecular weight excluding hydrogens is 580 g/mol. The summed E-state index contributed by atoms with van der Waals surface area (Å²) in [5, 5.41) is 0. The number of methoxy groups -OCH3 is 4. The van der Waals surface area contributed by atoms with Gasteiger partial charge in [-0.05, 0) is 48.4 Å². The normalized spacial score (nSPS) is 17.0. The third-order valence-corrected chi connectivity index (χ3v) is 7.39. The van der Waals surface area contributed by atoms with Gasteiger partial charge in [-0.2, -0.15) is 0 Å². The summed E-state index contributed by atoms with van der Waals surface area (Å²) in [5.74, 6) is 1.21. The summed E-state index contributed by atoms with van der Waals surface area (Å²) in [6.07, 6.45) is 2.20. The summed E-state index contributed by atoms with van der Waals surface area (Å²) in [5.41, 5.74) is 16.3. The fourth-order valence-electron chi connectivity index (χ4n) is 4.45. The van der Waals surface area contributed by atoms with Crippen LogP contribution in [0.5, 0.6) is 23.0 Å². The molecule has 0 aromatic heterocycles. The molecule has 1 aliphatic rings. The van der Waals surface area contributed by atoms with Crippen LogP contribution in [-0.2, 0) is 35.5 Å². The number of hydrogen-bond donors (Lipinski definition) is 2. The van der Waals surface area contributed by atoms with Crippen LogP contribution in [0.25, 0.3) is 0 Å². The van der Waals surface area contributed by atoms with E-state index < -0.39 is 10.7 Å². The van der Waals surface area contributed by atoms with Gasteiger partial charge in [0, 0.05) is 36.3 Å². The second-order valence-corrected chi connectivity index (χ2v) is 10.1. The van der Waals surface area contributed by atoms with Crippen molar-refractivity contribution in [2.75, 3.05) is 28.4 Å². The van der Waals surface area contributed by atoms with Crippen molar-refractivity contribution in [3.8, 4) is 23.0 Å². The van der Waals surface area contributed by atoms with Crippen LogP contribution in [-0.4, -0.2) is 56.5 Å². The highest BCUT2D eigenvalue weighted by Gasteiger charge is 2.26. The first kappa shape index (κ1) is 31.0. The van der Waals surface area contributed by atoms with E-state index in [-0.39, 0.29) is 18.7 Å². The van der Waals surface area contributed by atoms with Crippen molar-refractivity contribution in [1.29, 1.82) is 0 Å². The molecule has 0 saturated carbocycles. The molecule has 0 bridgehead atoms. The van der Waals surface area contributed by atoms with Crippen molar-refractivity contribution in [3.63, 3.8) is 0 Å². The SMILES string of the molecule is COc1cc(CN)cc(OC)c1CC(=O)N=C1C=C(C)CC(=NC(=O)Cc2c(OC)cc(CN)cc2OC)C1Br. The van der Waals surface area contributed by atoms with Gasteiger partial charge in [0.2, 0.25) is 5.91 Å². The van der Waals surface area contributed by atoms with E-state index in [1.807, 2.05) is 13.0 Å². The second kappa shape index (κ2) is 14.2. The van der Waals surface area contributed by atoms with E-state index in [0.29, 0.717) is 65.1 Å². The number of aliphatic imine (C=N–C) groups is 2. The van der Waals surface area contributed by atoms with Crippen molar-refractivity contribution in [2.45, 2.75) is 44.1 Å². The van der Waals surface area contributed by atoms with E-state index >= 15 is 0 Å². The molecule has 0 heterocycles. The Morgan fingerprint density at radius 3 is 1.57 bits per heavy atom. The molecule has 0 radical (unpaired) electrons. The second-order valence-electron chi connectivity index (χ2n) is 9.18. The van der Waals surface area contributed by atoms with Crippen molar-refractivity contribution in [2.24, 2.45) is 21.5 Å². The maximum atomic E-state index is 13.1. The summed E-state index contributed by atoms with van der Waals surface area (Å²) in [7, 11) is 6.09. The van der Waals surface area contributed by atoms with Gasteiger partial charge < -0.3 is 30.4 Å². The molecule has 1 aliphatic carbocycles. The number of nitrogens with zero attached hydrogens (tertiary/aromatic N) is 2. The topological polar surface area (TPSA) is 148 Å². The number of alkyl halides is 1. The van der Waals surface area contributed by atoms with Gasteiger partial charge in [0.15, 0.2) is 0 Å². The zero-order valence-electron chi connectivity index (χ0n) is 23.4. The Morgan fingerprint density at radius 1 is 0.800 bits per heavy atom. The minimum Gasteiger partial charge on any atom is -0.496 e. The fraction of sp³-hybridized carbons (Fsp3) is 0.379. The molecule has 10 nitrogen and oxygen atoms in total. The maximum Gasteiger partial charge on any atom is 0.250 e. The van der Waals surface area contributed by atoms with Crippen molar-refractivity contribution in [1.82, 2.24) is 0 Å². The number of hydrogen-bond acceptors (Lipinski definition) is 8. The summed E-state index contributed by atoms with van der Waals surface area (Å²) >= 11 is 3.59. The molecule has 2 aromatic rings. The van der Waals surface area contributed by atoms with Gasteiger partial charge in [0.05, 0.1) is 51.8 Å². The van der Waals surface area contributed by atoms with Crippen LogP contribution in [0.3, 0.4) is 0 Å². The summed E-state index contributed by atoms with van der Waals surface area (Å²) in [6, 6.07) is 7.12. The van der Waals surface area contributed by atoms with E-state index in [1.165, 1.54) is 28.4 Å². The number of rotatable bonds is 10. The predicted octanol–water partition coefficient (Wildman–Crippen LogP) is 3.47. The Morgan fingerprint density at radius 2 is 1.20 bits per heavy atom. The molecule has 2 aromatic carbocycles. The molecule has 3 rings (SSSR count). The van der Waals surface area contributed by atoms with Gasteiger partial charge in [0.25, 0.3) is 5.91 Å². The van der Waals surface area contributed by atoms with E-state index in [9.17, 15) is 9.59 Å². The Bertz CT molecular complexity index is 1320. The Kier molecular flexibility index (Phi) is 11.0. The molecule has 40 heavy (non-hydrogen) atoms. The average Bonchev–Trinajstić information content (AvgIpc) is 2.95. The quantitative estimate of drug-likeness (QED) is 0.386. The highest BCUT2D eigenvalue weighted by Crippen LogP contribution is 2.33. The number of carbonyl (C=O) groups excluding carboxylic acids is 2. The predicted molar refractivity (Wildman–Crippen MR) is 158 cm³/mol. The lowest BCUT2D eigenvalue weighted by Gasteiger charge is -2.20. The molecule has 0 spiro atoms. The third kappa shape index (κ3) is 7.35. The lowest BCUT2D eigenvalue weighted by molar-refractivity contribution is -0.118. The molecular formula is C29H35BrN4O6. The maximum absolute atomic E-state index is 13.1. The van der Waals surface area contributed by atoms with E-state index in [0.717, 1.165) is 16.7 Å². The van der Waals surface area contributed by atoms with Crippen molar-refractivity contribution >= 4 is 39.2 Å². The van der Waals surface area contributed by atoms with Crippen LogP contribution in [0.4, 0.5) is 0 Å². The Balaban J connectivity index is 1.86. The minimum absolute atomic E-state index is 0.0348. The number of halogens is 1. The highest BCUT2D eigenvalue weighted by molar-refractivity contribution is 9.10. The van der Waals surface area contributed by atoms with Crippen LogP contribution in [0.2, 0.25) is 0 Å². The molecule has 1 unspecified atom stereocenters. The van der Waals surface area contributed by atoms with Gasteiger partial charge in [-0.1, -0.05) is 21.5 Å². The number of amides is 2. The summed E-state index contributed by atoms with van der Waals surface area (Å²) in [4.78, 5) is 34.4. The molecule has 1 atom stereocenters. The summed E-state index contributed by atoms with van der Waals surface area (Å²) < 4.78 is 21.9. The zero-order chi connectivity index (χ0) is 29.4. The molecule has 214 valence electrons. The lowest BCUT2D eigenvalue weighted by Crippen LogP contribution is -2.29. The van der Waals surface area contributed by atoms with E-state index in [1.54, 1.807) is 24.3 Å². The van der Waals surface area contributed by atoms with Gasteiger partial charge in [-0.15, -0.1) is 0 Å². The third-order valence-electron chi connectivity index (χ3n) is 6.39. The highest BCUT2D eigenvalue weighted by atomic mass is 79.9. The molecule has 2 amide bonds. The van der Waals surface area contributed by atoms with E-state index in [4.69, 9.17) is 30.4 Å². The lowest BCUT2D eigenvalue weighted by atomic mass is 9.96. The first-order valence-electron chi connectivity index (χ1n) is 12.6. The average molecular weight is 616 g/mol. The van der Waals surface area contributed by atoms with Gasteiger partial charge in [-0.25, -0.2) is 9.98 Å². The fourth-order valence-corrected chi connectivity index (χ4v) is 4.95. The number of allylic oxidation sites excluding steroid dienone is 2. The van der Waals surface area contributed by atoms with Gasteiger partial charge in [-0.3, -0.25) is 9.59 Å². The molecule has 0 fully saturated rings. The Labute approximate surface area is 242 Å². The standard InChI is InChI=1S/C29H35BrN4O6/c1-16-6-21(33-27(35)12-19-23(37-2)8-17(14-31)9-24(19)38-3)29(30)22(7-16)34-28(36)13-20-25(39-4)10-18(15-32)11-26(20)40-5/h6,8-11,29H,7,12-15,31-32H2,1-5H3. The minimum atomic E-state index is -0.518. The number of benzene rings is 2. The van der Waals surface area contributed by atoms with Gasteiger partial charge in [0.1, 0.15) is 23.0 Å². The van der Waals surface area contributed by atoms with Crippen LogP contribution in [0.15, 0.2) is 45.9 Å². The first-order chi connectivity index (χ1) is 19.2. The summed E-state index contributed by atoms with van der Waals surface area (Å²) in [6.45, 7) is 2.51. The van der Waals surface area contributed by atoms with Crippen LogP contribution < -0.4 is 30.4 Å². The number of nitrogens with two attached hydrogens (primary N) is 2. The number of carbonyl (C=O) groups is 2. The monoisotopic (exact) mass is 614 g/mol. The zero-order valence-corrected chi connectivity index (χ0v) is 25.0. The first-order valence-corrected chi connectivity index (χ1v) is 13.5. The van der Waals surface area contributed by atoms with Crippen molar-refractivity contribution in [3.05, 3.63) is 58.2 Å². The molecule has 11 heteroatoms. The van der Waals surface area contributed by atoms with Crippen LogP contribution >= 0.6 is 15.9 Å². The largest absolute Gasteiger partial charge is 0.496 e. The van der Waals surface area contributed by atoms with E-state index in [2.05, 4.69) is 25.9 Å². The molecule has 4 N–H and O–H groups in total. The van der Waals surface area contributed by atoms with Crippen LogP contribution in [0, 0.1) is 0 Å². The number of ether oxygens (including phenoxy) is 4.